The Morgan fingerprint density at radius 1 is 0.667 bits per heavy atom. The van der Waals surface area contributed by atoms with E-state index in [-0.39, 0.29) is 0 Å². The van der Waals surface area contributed by atoms with E-state index in [1.165, 1.54) is 0 Å². The average molecular weight is 392 g/mol. The summed E-state index contributed by atoms with van der Waals surface area (Å²) in [6.07, 6.45) is 1.78. The van der Waals surface area contributed by atoms with Crippen LogP contribution in [-0.4, -0.2) is 15.0 Å². The van der Waals surface area contributed by atoms with Gasteiger partial charge < -0.3 is 0 Å². The van der Waals surface area contributed by atoms with Gasteiger partial charge in [0.25, 0.3) is 0 Å². The van der Waals surface area contributed by atoms with Crippen molar-refractivity contribution in [2.24, 2.45) is 0 Å². The van der Waals surface area contributed by atoms with Gasteiger partial charge in [-0.15, -0.1) is 0 Å². The van der Waals surface area contributed by atoms with Crippen LogP contribution in [0.15, 0.2) is 72.9 Å². The molecule has 4 aromatic rings. The van der Waals surface area contributed by atoms with Gasteiger partial charge in [-0.3, -0.25) is 4.98 Å². The molecule has 0 aliphatic rings. The van der Waals surface area contributed by atoms with Gasteiger partial charge in [0, 0.05) is 28.6 Å². The van der Waals surface area contributed by atoms with Crippen molar-refractivity contribution in [1.82, 2.24) is 15.0 Å². The van der Waals surface area contributed by atoms with Crippen LogP contribution < -0.4 is 0 Å². The lowest BCUT2D eigenvalue weighted by atomic mass is 10.1. The van der Waals surface area contributed by atoms with Crippen molar-refractivity contribution in [3.05, 3.63) is 88.7 Å². The first kappa shape index (κ1) is 17.7. The molecule has 0 amide bonds. The second kappa shape index (κ2) is 7.47. The fraction of sp³-hybridized carbons (Fsp3) is 0.0455. The third-order valence-corrected chi connectivity index (χ3v) is 4.90. The van der Waals surface area contributed by atoms with Gasteiger partial charge in [-0.2, -0.15) is 0 Å². The van der Waals surface area contributed by atoms with Crippen molar-refractivity contribution in [2.75, 3.05) is 0 Å². The number of rotatable bonds is 3. The Labute approximate surface area is 167 Å². The van der Waals surface area contributed by atoms with Crippen molar-refractivity contribution < 1.29 is 0 Å². The van der Waals surface area contributed by atoms with Crippen LogP contribution in [0.2, 0.25) is 10.0 Å². The lowest BCUT2D eigenvalue weighted by Gasteiger charge is -2.08. The van der Waals surface area contributed by atoms with E-state index in [9.17, 15) is 0 Å². The number of pyridine rings is 1. The normalized spacial score (nSPS) is 10.8. The first-order valence-corrected chi connectivity index (χ1v) is 9.19. The first-order chi connectivity index (χ1) is 13.1. The molecule has 4 rings (SSSR count). The van der Waals surface area contributed by atoms with Crippen LogP contribution in [0.1, 0.15) is 5.69 Å². The Bertz CT molecular complexity index is 1110. The summed E-state index contributed by atoms with van der Waals surface area (Å²) in [6, 6.07) is 21.4. The molecule has 0 unspecified atom stereocenters. The zero-order valence-corrected chi connectivity index (χ0v) is 16.0. The van der Waals surface area contributed by atoms with Crippen LogP contribution in [-0.2, 0) is 0 Å². The third-order valence-electron chi connectivity index (χ3n) is 4.16. The lowest BCUT2D eigenvalue weighted by molar-refractivity contribution is 1.11. The molecule has 5 heteroatoms. The van der Waals surface area contributed by atoms with Crippen molar-refractivity contribution in [3.8, 4) is 33.9 Å². The standard InChI is InChI=1S/C22H15Cl2N3/c1-14-11-21(16-7-8-18(23)19(24)12-16)27-22(26-14)17-9-10-25-20(13-17)15-5-3-2-4-6-15/h2-13H,1H3. The predicted octanol–water partition coefficient (Wildman–Crippen LogP) is 6.49. The summed E-state index contributed by atoms with van der Waals surface area (Å²) in [5.74, 6) is 0.649. The molecule has 3 nitrogen and oxygen atoms in total. The van der Waals surface area contributed by atoms with Crippen molar-refractivity contribution in [1.29, 1.82) is 0 Å². The third kappa shape index (κ3) is 3.85. The second-order valence-electron chi connectivity index (χ2n) is 6.14. The van der Waals surface area contributed by atoms with Crippen LogP contribution in [0.25, 0.3) is 33.9 Å². The highest BCUT2D eigenvalue weighted by molar-refractivity contribution is 6.42. The molecule has 0 saturated heterocycles. The second-order valence-corrected chi connectivity index (χ2v) is 6.96. The zero-order valence-electron chi connectivity index (χ0n) is 14.5. The molecule has 132 valence electrons. The highest BCUT2D eigenvalue weighted by Gasteiger charge is 2.10. The van der Waals surface area contributed by atoms with Gasteiger partial charge in [-0.05, 0) is 37.3 Å². The number of benzene rings is 2. The minimum atomic E-state index is 0.502. The minimum Gasteiger partial charge on any atom is -0.256 e. The van der Waals surface area contributed by atoms with E-state index in [1.54, 1.807) is 12.3 Å². The summed E-state index contributed by atoms with van der Waals surface area (Å²) in [6.45, 7) is 1.95. The number of aryl methyl sites for hydroxylation is 1. The Morgan fingerprint density at radius 2 is 1.48 bits per heavy atom. The van der Waals surface area contributed by atoms with Crippen LogP contribution in [0.5, 0.6) is 0 Å². The highest BCUT2D eigenvalue weighted by atomic mass is 35.5. The van der Waals surface area contributed by atoms with Crippen LogP contribution in [0, 0.1) is 6.92 Å². The van der Waals surface area contributed by atoms with E-state index in [1.807, 2.05) is 67.6 Å². The smallest absolute Gasteiger partial charge is 0.160 e. The number of hydrogen-bond donors (Lipinski definition) is 0. The molecule has 0 spiro atoms. The Balaban J connectivity index is 1.79. The fourth-order valence-corrected chi connectivity index (χ4v) is 3.14. The molecular formula is C22H15Cl2N3. The summed E-state index contributed by atoms with van der Waals surface area (Å²) in [5.41, 5.74) is 5.42. The molecule has 27 heavy (non-hydrogen) atoms. The van der Waals surface area contributed by atoms with Gasteiger partial charge in [0.15, 0.2) is 5.82 Å². The molecule has 0 radical (unpaired) electrons. The number of hydrogen-bond acceptors (Lipinski definition) is 3. The maximum Gasteiger partial charge on any atom is 0.160 e. The maximum absolute atomic E-state index is 6.17. The Hall–Kier alpha value is -2.75. The largest absolute Gasteiger partial charge is 0.256 e. The lowest BCUT2D eigenvalue weighted by Crippen LogP contribution is -1.96. The molecular weight excluding hydrogens is 377 g/mol. The average Bonchev–Trinajstić information content (AvgIpc) is 2.70. The zero-order chi connectivity index (χ0) is 18.8. The predicted molar refractivity (Wildman–Crippen MR) is 111 cm³/mol. The Morgan fingerprint density at radius 3 is 2.26 bits per heavy atom. The Kier molecular flexibility index (Phi) is 4.88. The first-order valence-electron chi connectivity index (χ1n) is 8.43. The summed E-state index contributed by atoms with van der Waals surface area (Å²) in [7, 11) is 0. The molecule has 0 N–H and O–H groups in total. The van der Waals surface area contributed by atoms with Gasteiger partial charge in [0.1, 0.15) is 0 Å². The molecule has 0 fully saturated rings. The molecule has 0 aliphatic carbocycles. The van der Waals surface area contributed by atoms with E-state index < -0.39 is 0 Å². The molecule has 0 bridgehead atoms. The monoisotopic (exact) mass is 391 g/mol. The molecule has 0 aliphatic heterocycles. The molecule has 2 aromatic carbocycles. The number of aromatic nitrogens is 3. The molecule has 0 atom stereocenters. The van der Waals surface area contributed by atoms with Crippen LogP contribution in [0.3, 0.4) is 0 Å². The fourth-order valence-electron chi connectivity index (χ4n) is 2.84. The van der Waals surface area contributed by atoms with Crippen LogP contribution in [0.4, 0.5) is 0 Å². The summed E-state index contributed by atoms with van der Waals surface area (Å²) in [4.78, 5) is 13.8. The molecule has 2 heterocycles. The van der Waals surface area contributed by atoms with Gasteiger partial charge in [0.05, 0.1) is 21.4 Å². The van der Waals surface area contributed by atoms with E-state index in [4.69, 9.17) is 28.2 Å². The SMILES string of the molecule is Cc1cc(-c2ccc(Cl)c(Cl)c2)nc(-c2ccnc(-c3ccccc3)c2)n1. The van der Waals surface area contributed by atoms with Gasteiger partial charge in [0.2, 0.25) is 0 Å². The van der Waals surface area contributed by atoms with Crippen molar-refractivity contribution >= 4 is 23.2 Å². The van der Waals surface area contributed by atoms with E-state index in [0.29, 0.717) is 15.9 Å². The van der Waals surface area contributed by atoms with Gasteiger partial charge >= 0.3 is 0 Å². The number of nitrogens with zero attached hydrogens (tertiary/aromatic N) is 3. The van der Waals surface area contributed by atoms with E-state index >= 15 is 0 Å². The van der Waals surface area contributed by atoms with Gasteiger partial charge in [-0.25, -0.2) is 9.97 Å². The van der Waals surface area contributed by atoms with E-state index in [0.717, 1.165) is 33.8 Å². The van der Waals surface area contributed by atoms with Crippen LogP contribution >= 0.6 is 23.2 Å². The summed E-state index contributed by atoms with van der Waals surface area (Å²) in [5, 5.41) is 1.02. The molecule has 0 saturated carbocycles. The highest BCUT2D eigenvalue weighted by Crippen LogP contribution is 2.29. The summed E-state index contributed by atoms with van der Waals surface area (Å²) >= 11 is 12.2. The van der Waals surface area contributed by atoms with E-state index in [2.05, 4.69) is 9.97 Å². The number of halogens is 2. The van der Waals surface area contributed by atoms with Crippen molar-refractivity contribution in [3.63, 3.8) is 0 Å². The minimum absolute atomic E-state index is 0.502. The van der Waals surface area contributed by atoms with Gasteiger partial charge in [-0.1, -0.05) is 59.6 Å². The molecule has 2 aromatic heterocycles. The van der Waals surface area contributed by atoms with Crippen molar-refractivity contribution in [2.45, 2.75) is 6.92 Å². The quantitative estimate of drug-likeness (QED) is 0.400. The maximum atomic E-state index is 6.17. The topological polar surface area (TPSA) is 38.7 Å². The summed E-state index contributed by atoms with van der Waals surface area (Å²) < 4.78 is 0.